The van der Waals surface area contributed by atoms with Gasteiger partial charge in [-0.05, 0) is 19.4 Å². The highest BCUT2D eigenvalue weighted by molar-refractivity contribution is 7.21. The van der Waals surface area contributed by atoms with Crippen LogP contribution in [0.2, 0.25) is 0 Å². The highest BCUT2D eigenvalue weighted by Crippen LogP contribution is 2.28. The third-order valence-corrected chi connectivity index (χ3v) is 5.28. The Hall–Kier alpha value is -1.44. The Balaban J connectivity index is 1.93. The molecule has 2 N–H and O–H groups in total. The Labute approximate surface area is 123 Å². The van der Waals surface area contributed by atoms with Gasteiger partial charge >= 0.3 is 0 Å². The summed E-state index contributed by atoms with van der Waals surface area (Å²) in [6.45, 7) is 3.70. The Bertz CT molecular complexity index is 767. The molecule has 0 aliphatic heterocycles. The van der Waals surface area contributed by atoms with Gasteiger partial charge in [-0.15, -0.1) is 22.7 Å². The summed E-state index contributed by atoms with van der Waals surface area (Å²) in [5.41, 5.74) is 0.377. The van der Waals surface area contributed by atoms with Crippen LogP contribution in [-0.2, 0) is 0 Å². The van der Waals surface area contributed by atoms with Gasteiger partial charge in [-0.25, -0.2) is 4.98 Å². The average molecular weight is 309 g/mol. The number of hydrogen-bond acceptors (Lipinski definition) is 5. The Morgan fingerprint density at radius 3 is 3.10 bits per heavy atom. The minimum absolute atomic E-state index is 0.0753. The normalized spacial score (nSPS) is 14.8. The van der Waals surface area contributed by atoms with E-state index in [2.05, 4.69) is 10.3 Å². The molecule has 20 heavy (non-hydrogen) atoms. The van der Waals surface area contributed by atoms with Gasteiger partial charge in [0.15, 0.2) is 4.96 Å². The summed E-state index contributed by atoms with van der Waals surface area (Å²) < 4.78 is 1.98. The zero-order valence-corrected chi connectivity index (χ0v) is 12.8. The second-order valence-corrected chi connectivity index (χ2v) is 6.90. The van der Waals surface area contributed by atoms with Crippen molar-refractivity contribution in [2.24, 2.45) is 0 Å². The molecule has 0 radical (unpaired) electrons. The maximum absolute atomic E-state index is 12.3. The van der Waals surface area contributed by atoms with Crippen molar-refractivity contribution in [1.82, 2.24) is 14.7 Å². The van der Waals surface area contributed by atoms with Crippen LogP contribution in [0.15, 0.2) is 17.6 Å². The van der Waals surface area contributed by atoms with Crippen LogP contribution in [0.1, 0.15) is 29.9 Å². The number of imidazole rings is 1. The van der Waals surface area contributed by atoms with Crippen molar-refractivity contribution in [1.29, 1.82) is 0 Å². The second-order valence-electron chi connectivity index (χ2n) is 4.99. The van der Waals surface area contributed by atoms with Gasteiger partial charge in [-0.2, -0.15) is 0 Å². The smallest absolute Gasteiger partial charge is 0.262 e. The predicted octanol–water partition coefficient (Wildman–Crippen LogP) is 2.50. The highest BCUT2D eigenvalue weighted by atomic mass is 32.1. The van der Waals surface area contributed by atoms with Crippen molar-refractivity contribution >= 4 is 43.9 Å². The highest BCUT2D eigenvalue weighted by Gasteiger charge is 2.25. The first-order valence-corrected chi connectivity index (χ1v) is 8.04. The van der Waals surface area contributed by atoms with E-state index in [1.807, 2.05) is 35.9 Å². The van der Waals surface area contributed by atoms with E-state index in [0.29, 0.717) is 11.3 Å². The van der Waals surface area contributed by atoms with E-state index in [1.54, 1.807) is 11.3 Å². The van der Waals surface area contributed by atoms with Gasteiger partial charge in [0.25, 0.3) is 5.91 Å². The lowest BCUT2D eigenvalue weighted by Crippen LogP contribution is -2.48. The Morgan fingerprint density at radius 2 is 2.40 bits per heavy atom. The molecule has 0 aliphatic rings. The molecule has 1 amide bonds. The molecule has 0 fully saturated rings. The summed E-state index contributed by atoms with van der Waals surface area (Å²) in [5.74, 6) is -0.157. The van der Waals surface area contributed by atoms with E-state index in [1.165, 1.54) is 11.3 Å². The molecule has 3 heterocycles. The van der Waals surface area contributed by atoms with Crippen molar-refractivity contribution in [3.63, 3.8) is 0 Å². The maximum Gasteiger partial charge on any atom is 0.262 e. The number of aliphatic hydroxyl groups is 1. The molecule has 0 bridgehead atoms. The van der Waals surface area contributed by atoms with Gasteiger partial charge in [0, 0.05) is 11.6 Å². The number of hydrogen-bond donors (Lipinski definition) is 2. The zero-order chi connectivity index (χ0) is 14.3. The second kappa shape index (κ2) is 4.83. The van der Waals surface area contributed by atoms with E-state index in [4.69, 9.17) is 0 Å². The lowest BCUT2D eigenvalue weighted by Gasteiger charge is -2.26. The van der Waals surface area contributed by atoms with Gasteiger partial charge in [-0.3, -0.25) is 9.20 Å². The lowest BCUT2D eigenvalue weighted by molar-refractivity contribution is 0.0851. The summed E-state index contributed by atoms with van der Waals surface area (Å²) in [4.78, 5) is 19.2. The summed E-state index contributed by atoms with van der Waals surface area (Å²) in [5, 5.41) is 14.2. The molecule has 7 heteroatoms. The molecule has 0 saturated carbocycles. The minimum atomic E-state index is -0.580. The standard InChI is InChI=1S/C13H15N3O2S2/c1-3-13(2,7-17)15-10(18)9-6-8-11(20-9)14-12-16(8)4-5-19-12/h4-6,17H,3,7H2,1-2H3,(H,15,18). The van der Waals surface area contributed by atoms with E-state index >= 15 is 0 Å². The number of carbonyl (C=O) groups excluding carboxylic acids is 1. The number of carbonyl (C=O) groups is 1. The number of nitrogens with one attached hydrogen (secondary N) is 1. The molecule has 3 aromatic rings. The summed E-state index contributed by atoms with van der Waals surface area (Å²) in [6.07, 6.45) is 2.63. The number of fused-ring (bicyclic) bond motifs is 3. The van der Waals surface area contributed by atoms with Crippen LogP contribution in [-0.4, -0.2) is 32.5 Å². The number of aliphatic hydroxyl groups excluding tert-OH is 1. The van der Waals surface area contributed by atoms with E-state index in [-0.39, 0.29) is 12.5 Å². The van der Waals surface area contributed by atoms with Gasteiger partial charge in [0.2, 0.25) is 0 Å². The molecule has 106 valence electrons. The van der Waals surface area contributed by atoms with E-state index in [9.17, 15) is 9.90 Å². The van der Waals surface area contributed by atoms with E-state index in [0.717, 1.165) is 15.3 Å². The molecule has 0 spiro atoms. The number of aromatic nitrogens is 2. The monoisotopic (exact) mass is 309 g/mol. The largest absolute Gasteiger partial charge is 0.394 e. The molecule has 0 aromatic carbocycles. The van der Waals surface area contributed by atoms with Gasteiger partial charge in [-0.1, -0.05) is 6.92 Å². The number of thiophene rings is 1. The van der Waals surface area contributed by atoms with Crippen molar-refractivity contribution < 1.29 is 9.90 Å². The van der Waals surface area contributed by atoms with Crippen molar-refractivity contribution in [3.05, 3.63) is 22.5 Å². The van der Waals surface area contributed by atoms with Crippen LogP contribution in [0.4, 0.5) is 0 Å². The summed E-state index contributed by atoms with van der Waals surface area (Å²) >= 11 is 2.95. The van der Waals surface area contributed by atoms with Gasteiger partial charge < -0.3 is 10.4 Å². The first kappa shape index (κ1) is 13.5. The van der Waals surface area contributed by atoms with Crippen LogP contribution < -0.4 is 5.32 Å². The third kappa shape index (κ3) is 2.11. The lowest BCUT2D eigenvalue weighted by atomic mass is 10.0. The van der Waals surface area contributed by atoms with Gasteiger partial charge in [0.05, 0.1) is 22.5 Å². The predicted molar refractivity (Wildman–Crippen MR) is 81.7 cm³/mol. The van der Waals surface area contributed by atoms with Crippen molar-refractivity contribution in [2.45, 2.75) is 25.8 Å². The topological polar surface area (TPSA) is 66.6 Å². The van der Waals surface area contributed by atoms with Crippen LogP contribution in [0.5, 0.6) is 0 Å². The first-order valence-electron chi connectivity index (χ1n) is 6.35. The van der Waals surface area contributed by atoms with Crippen LogP contribution in [0, 0.1) is 0 Å². The summed E-state index contributed by atoms with van der Waals surface area (Å²) in [7, 11) is 0. The fourth-order valence-electron chi connectivity index (χ4n) is 1.93. The molecule has 3 rings (SSSR count). The molecule has 3 aromatic heterocycles. The fourth-order valence-corrected chi connectivity index (χ4v) is 3.63. The van der Waals surface area contributed by atoms with Crippen LogP contribution >= 0.6 is 22.7 Å². The summed E-state index contributed by atoms with van der Waals surface area (Å²) in [6, 6.07) is 1.86. The van der Waals surface area contributed by atoms with Crippen LogP contribution in [0.3, 0.4) is 0 Å². The first-order chi connectivity index (χ1) is 9.56. The van der Waals surface area contributed by atoms with Crippen LogP contribution in [0.25, 0.3) is 15.3 Å². The molecule has 0 aliphatic carbocycles. The fraction of sp³-hybridized carbons (Fsp3) is 0.385. The Kier molecular flexibility index (Phi) is 3.27. The third-order valence-electron chi connectivity index (χ3n) is 3.51. The molecule has 1 atom stereocenters. The molecular weight excluding hydrogens is 294 g/mol. The van der Waals surface area contributed by atoms with E-state index < -0.39 is 5.54 Å². The average Bonchev–Trinajstić information content (AvgIpc) is 3.09. The SMILES string of the molecule is CCC(C)(CO)NC(=O)c1cc2c(nc3sccn32)s1. The number of rotatable bonds is 4. The maximum atomic E-state index is 12.3. The van der Waals surface area contributed by atoms with Gasteiger partial charge in [0.1, 0.15) is 4.83 Å². The Morgan fingerprint density at radius 1 is 1.60 bits per heavy atom. The molecule has 0 saturated heterocycles. The molecule has 1 unspecified atom stereocenters. The van der Waals surface area contributed by atoms with Crippen molar-refractivity contribution in [2.75, 3.05) is 6.61 Å². The quantitative estimate of drug-likeness (QED) is 0.778. The number of amides is 1. The number of nitrogens with zero attached hydrogens (tertiary/aromatic N) is 2. The molecular formula is C13H15N3O2S2. The van der Waals surface area contributed by atoms with Crippen molar-refractivity contribution in [3.8, 4) is 0 Å². The zero-order valence-electron chi connectivity index (χ0n) is 11.2. The number of thiazole rings is 1. The minimum Gasteiger partial charge on any atom is -0.394 e. The molecule has 5 nitrogen and oxygen atoms in total.